The molecule has 14 heteroatoms. The first-order valence-electron chi connectivity index (χ1n) is 7.67. The summed E-state index contributed by atoms with van der Waals surface area (Å²) in [6.45, 7) is -0.901. The summed E-state index contributed by atoms with van der Waals surface area (Å²) in [6.07, 6.45) is 0. The summed E-state index contributed by atoms with van der Waals surface area (Å²) in [7, 11) is -4.26. The molecule has 30 heavy (non-hydrogen) atoms. The van der Waals surface area contributed by atoms with Crippen LogP contribution < -0.4 is 39.0 Å². The van der Waals surface area contributed by atoms with E-state index in [0.29, 0.717) is 0 Å². The number of benzene rings is 2. The third-order valence-corrected chi connectivity index (χ3v) is 6.03. The average Bonchev–Trinajstić information content (AvgIpc) is 2.63. The standard InChI is InChI=1S/C16H12Cl6O6S.Na/c17-9-5-13(21)15(7-11(9)19)25-1-3-27-29(23,24)28-4-2-26-16-8-12(20)10(18)6-14(16)22;/h5-8H,1-4H2;/q;+1. The van der Waals surface area contributed by atoms with Gasteiger partial charge in [0.25, 0.3) is 0 Å². The van der Waals surface area contributed by atoms with Gasteiger partial charge < -0.3 is 9.47 Å². The third-order valence-electron chi connectivity index (χ3n) is 3.09. The number of rotatable bonds is 10. The maximum Gasteiger partial charge on any atom is 1.00 e. The van der Waals surface area contributed by atoms with Crippen LogP contribution in [0.2, 0.25) is 30.1 Å². The summed E-state index contributed by atoms with van der Waals surface area (Å²) in [5, 5.41) is 1.45. The van der Waals surface area contributed by atoms with Gasteiger partial charge in [-0.25, -0.2) is 8.37 Å². The van der Waals surface area contributed by atoms with Gasteiger partial charge in [-0.05, 0) is 12.1 Å². The van der Waals surface area contributed by atoms with Crippen LogP contribution in [-0.4, -0.2) is 34.8 Å². The Labute approximate surface area is 226 Å². The second-order valence-electron chi connectivity index (χ2n) is 5.14. The molecule has 0 atom stereocenters. The second kappa shape index (κ2) is 13.4. The minimum absolute atomic E-state index is 0. The van der Waals surface area contributed by atoms with E-state index in [1.54, 1.807) is 0 Å². The average molecular weight is 568 g/mol. The second-order valence-corrected chi connectivity index (χ2v) is 8.87. The molecule has 0 N–H and O–H groups in total. The molecule has 0 amide bonds. The van der Waals surface area contributed by atoms with Gasteiger partial charge in [0.1, 0.15) is 37.9 Å². The molecule has 2 rings (SSSR count). The first kappa shape index (κ1) is 28.7. The molecule has 2 aromatic rings. The fraction of sp³-hybridized carbons (Fsp3) is 0.250. The summed E-state index contributed by atoms with van der Waals surface area (Å²) in [4.78, 5) is 0. The Morgan fingerprint density at radius 1 is 0.567 bits per heavy atom. The van der Waals surface area contributed by atoms with Crippen LogP contribution in [0.3, 0.4) is 0 Å². The molecule has 2 aromatic carbocycles. The van der Waals surface area contributed by atoms with E-state index in [9.17, 15) is 8.42 Å². The van der Waals surface area contributed by atoms with Gasteiger partial charge in [0.05, 0.1) is 30.1 Å². The molecule has 0 aliphatic rings. The molecule has 160 valence electrons. The zero-order valence-corrected chi connectivity index (χ0v) is 22.6. The quantitative estimate of drug-likeness (QED) is 0.249. The fourth-order valence-corrected chi connectivity index (χ4v) is 3.63. The van der Waals surface area contributed by atoms with Crippen LogP contribution in [-0.2, 0) is 18.8 Å². The van der Waals surface area contributed by atoms with Crippen molar-refractivity contribution in [3.63, 3.8) is 0 Å². The van der Waals surface area contributed by atoms with Crippen molar-refractivity contribution in [2.75, 3.05) is 26.4 Å². The van der Waals surface area contributed by atoms with Crippen LogP contribution in [0.15, 0.2) is 24.3 Å². The minimum atomic E-state index is -4.26. The van der Waals surface area contributed by atoms with Crippen molar-refractivity contribution in [2.45, 2.75) is 0 Å². The summed E-state index contributed by atoms with van der Waals surface area (Å²) >= 11 is 35.2. The number of hydrogen-bond donors (Lipinski definition) is 0. The number of hydrogen-bond acceptors (Lipinski definition) is 6. The molecule has 0 bridgehead atoms. The molecule has 0 aromatic heterocycles. The normalized spacial score (nSPS) is 11.1. The van der Waals surface area contributed by atoms with Gasteiger partial charge in [-0.3, -0.25) is 0 Å². The molecular formula is C16H12Cl6NaO6S+. The predicted molar refractivity (Wildman–Crippen MR) is 115 cm³/mol. The van der Waals surface area contributed by atoms with Gasteiger partial charge >= 0.3 is 40.0 Å². The molecule has 0 saturated heterocycles. The van der Waals surface area contributed by atoms with Crippen LogP contribution >= 0.6 is 69.6 Å². The first-order chi connectivity index (χ1) is 13.6. The topological polar surface area (TPSA) is 71.1 Å². The van der Waals surface area contributed by atoms with Crippen molar-refractivity contribution >= 4 is 80.0 Å². The molecule has 0 aliphatic heterocycles. The van der Waals surface area contributed by atoms with Gasteiger partial charge in [-0.15, -0.1) is 0 Å². The van der Waals surface area contributed by atoms with Crippen molar-refractivity contribution < 1.29 is 55.8 Å². The van der Waals surface area contributed by atoms with E-state index < -0.39 is 10.4 Å². The van der Waals surface area contributed by atoms with Crippen LogP contribution in [0.25, 0.3) is 0 Å². The summed E-state index contributed by atoms with van der Waals surface area (Å²) in [6, 6.07) is 5.62. The Balaban J connectivity index is 0.00000450. The fourth-order valence-electron chi connectivity index (χ4n) is 1.84. The Morgan fingerprint density at radius 2 is 0.900 bits per heavy atom. The molecular weight excluding hydrogens is 556 g/mol. The molecule has 0 unspecified atom stereocenters. The molecule has 0 heterocycles. The zero-order chi connectivity index (χ0) is 21.6. The SMILES string of the molecule is O=S(=O)(OCCOc1cc(Cl)c(Cl)cc1Cl)OCCOc1cc(Cl)c(Cl)cc1Cl.[Na+]. The van der Waals surface area contributed by atoms with Crippen LogP contribution in [0.5, 0.6) is 11.5 Å². The van der Waals surface area contributed by atoms with Crippen molar-refractivity contribution in [1.82, 2.24) is 0 Å². The van der Waals surface area contributed by atoms with E-state index in [0.717, 1.165) is 0 Å². The summed E-state index contributed by atoms with van der Waals surface area (Å²) in [5.41, 5.74) is 0. The van der Waals surface area contributed by atoms with Gasteiger partial charge in [0, 0.05) is 12.1 Å². The van der Waals surface area contributed by atoms with Crippen molar-refractivity contribution in [1.29, 1.82) is 0 Å². The number of halogens is 6. The van der Waals surface area contributed by atoms with Crippen molar-refractivity contribution in [3.05, 3.63) is 54.4 Å². The molecule has 0 saturated carbocycles. The molecule has 6 nitrogen and oxygen atoms in total. The van der Waals surface area contributed by atoms with Crippen molar-refractivity contribution in [3.8, 4) is 11.5 Å². The summed E-state index contributed by atoms with van der Waals surface area (Å²) < 4.78 is 43.3. The van der Waals surface area contributed by atoms with Gasteiger partial charge in [0.2, 0.25) is 0 Å². The molecule has 0 spiro atoms. The Kier molecular flexibility index (Phi) is 12.8. The first-order valence-corrected chi connectivity index (χ1v) is 11.3. The smallest absolute Gasteiger partial charge is 0.490 e. The Bertz CT molecular complexity index is 904. The van der Waals surface area contributed by atoms with E-state index in [1.165, 1.54) is 24.3 Å². The monoisotopic (exact) mass is 565 g/mol. The Morgan fingerprint density at radius 3 is 1.27 bits per heavy atom. The van der Waals surface area contributed by atoms with Crippen LogP contribution in [0.1, 0.15) is 0 Å². The van der Waals surface area contributed by atoms with Crippen molar-refractivity contribution in [2.24, 2.45) is 0 Å². The van der Waals surface area contributed by atoms with E-state index in [1.807, 2.05) is 0 Å². The number of ether oxygens (including phenoxy) is 2. The summed E-state index contributed by atoms with van der Waals surface area (Å²) in [5.74, 6) is 0.463. The molecule has 0 aliphatic carbocycles. The predicted octanol–water partition coefficient (Wildman–Crippen LogP) is 3.35. The van der Waals surface area contributed by atoms with E-state index in [4.69, 9.17) is 79.1 Å². The van der Waals surface area contributed by atoms with E-state index >= 15 is 0 Å². The van der Waals surface area contributed by atoms with Crippen LogP contribution in [0, 0.1) is 0 Å². The maximum atomic E-state index is 11.7. The van der Waals surface area contributed by atoms with Gasteiger partial charge in [0.15, 0.2) is 0 Å². The van der Waals surface area contributed by atoms with Gasteiger partial charge in [-0.2, -0.15) is 8.42 Å². The largest absolute Gasteiger partial charge is 1.00 e. The maximum absolute atomic E-state index is 11.7. The van der Waals surface area contributed by atoms with E-state index in [-0.39, 0.29) is 97.6 Å². The van der Waals surface area contributed by atoms with Crippen LogP contribution in [0.4, 0.5) is 0 Å². The molecule has 0 radical (unpaired) electrons. The zero-order valence-electron chi connectivity index (χ0n) is 15.3. The van der Waals surface area contributed by atoms with Gasteiger partial charge in [-0.1, -0.05) is 69.6 Å². The minimum Gasteiger partial charge on any atom is -0.490 e. The van der Waals surface area contributed by atoms with E-state index in [2.05, 4.69) is 8.37 Å². The molecule has 0 fully saturated rings. The Hall–Kier alpha value is 0.650. The third kappa shape index (κ3) is 9.25.